The van der Waals surface area contributed by atoms with Crippen molar-refractivity contribution in [3.8, 4) is 5.75 Å². The number of para-hydroxylation sites is 1. The number of aliphatic hydroxyl groups excluding tert-OH is 3. The van der Waals surface area contributed by atoms with Crippen molar-refractivity contribution < 1.29 is 57.3 Å². The summed E-state index contributed by atoms with van der Waals surface area (Å²) in [6, 6.07) is 58.8. The molecular weight excluding hydrogens is 977 g/mol. The smallest absolute Gasteiger partial charge is 0.358 e. The highest BCUT2D eigenvalue weighted by molar-refractivity contribution is 7.79. The van der Waals surface area contributed by atoms with E-state index >= 15 is 0 Å². The van der Waals surface area contributed by atoms with Crippen LogP contribution in [0.2, 0.25) is 10.1 Å². The zero-order chi connectivity index (χ0) is 51.4. The molecule has 384 valence electrons. The van der Waals surface area contributed by atoms with E-state index in [-0.39, 0.29) is 18.5 Å². The summed E-state index contributed by atoms with van der Waals surface area (Å²) in [6.07, 6.45) is -11.8. The highest BCUT2D eigenvalue weighted by Gasteiger charge is 2.64. The summed E-state index contributed by atoms with van der Waals surface area (Å²) < 4.78 is 61.1. The third-order valence-electron chi connectivity index (χ3n) is 14.2. The zero-order valence-corrected chi connectivity index (χ0v) is 44.9. The average Bonchev–Trinajstić information content (AvgIpc) is 3.64. The van der Waals surface area contributed by atoms with Crippen molar-refractivity contribution in [2.24, 2.45) is 0 Å². The van der Waals surface area contributed by atoms with Gasteiger partial charge in [0.15, 0.2) is 18.7 Å². The maximum absolute atomic E-state index is 13.0. The van der Waals surface area contributed by atoms with Gasteiger partial charge in [-0.3, -0.25) is 0 Å². The van der Waals surface area contributed by atoms with Crippen LogP contribution < -0.4 is 25.5 Å². The first-order valence-electron chi connectivity index (χ1n) is 24.9. The monoisotopic (exact) mass is 1040 g/mol. The summed E-state index contributed by atoms with van der Waals surface area (Å²) in [5.74, 6) is -1.76. The van der Waals surface area contributed by atoms with Gasteiger partial charge in [0, 0.05) is 17.8 Å². The number of hydrogen-bond donors (Lipinski definition) is 3. The lowest BCUT2D eigenvalue weighted by Crippen LogP contribution is -2.69. The van der Waals surface area contributed by atoms with Crippen molar-refractivity contribution in [3.05, 3.63) is 188 Å². The fraction of sp³-hybridized carbons (Fsp3) is 0.362. The van der Waals surface area contributed by atoms with E-state index in [9.17, 15) is 15.3 Å². The van der Waals surface area contributed by atoms with E-state index in [1.54, 1.807) is 24.3 Å². The van der Waals surface area contributed by atoms with Crippen LogP contribution in [-0.2, 0) is 37.3 Å². The number of aliphatic hydroxyl groups is 3. The Hall–Kier alpha value is -4.96. The molecule has 15 heteroatoms. The molecule has 3 heterocycles. The van der Waals surface area contributed by atoms with E-state index in [0.29, 0.717) is 5.75 Å². The minimum absolute atomic E-state index is 0.00715. The van der Waals surface area contributed by atoms with E-state index in [4.69, 9.17) is 54.2 Å². The molecule has 6 aromatic carbocycles. The van der Waals surface area contributed by atoms with Crippen LogP contribution in [0.25, 0.3) is 0 Å². The van der Waals surface area contributed by atoms with Gasteiger partial charge in [-0.2, -0.15) is 0 Å². The molecule has 12 nitrogen and oxygen atoms in total. The Labute approximate surface area is 436 Å². The van der Waals surface area contributed by atoms with E-state index in [0.717, 1.165) is 26.3 Å². The number of hydrogen-bond acceptors (Lipinski definition) is 13. The van der Waals surface area contributed by atoms with Crippen LogP contribution in [0.5, 0.6) is 5.75 Å². The summed E-state index contributed by atoms with van der Waals surface area (Å²) in [4.78, 5) is 0. The molecule has 0 aliphatic carbocycles. The van der Waals surface area contributed by atoms with Crippen molar-refractivity contribution in [1.82, 2.24) is 0 Å². The van der Waals surface area contributed by atoms with Crippen molar-refractivity contribution >= 4 is 54.8 Å². The second kappa shape index (κ2) is 22.1. The maximum Gasteiger partial charge on any atom is 0.358 e. The van der Waals surface area contributed by atoms with Crippen molar-refractivity contribution in [3.63, 3.8) is 0 Å². The molecule has 3 aliphatic rings. The van der Waals surface area contributed by atoms with E-state index < -0.39 is 94.4 Å². The van der Waals surface area contributed by atoms with Gasteiger partial charge in [0.2, 0.25) is 5.79 Å². The van der Waals surface area contributed by atoms with Crippen LogP contribution >= 0.6 is 12.2 Å². The maximum atomic E-state index is 13.0. The van der Waals surface area contributed by atoms with Gasteiger partial charge in [-0.1, -0.05) is 211 Å². The first kappa shape index (κ1) is 52.9. The molecule has 0 aromatic heterocycles. The molecule has 9 rings (SSSR count). The molecular formula is C58H66O12SSi2. The lowest BCUT2D eigenvalue weighted by molar-refractivity contribution is -0.404. The molecule has 6 aromatic rings. The predicted octanol–water partition coefficient (Wildman–Crippen LogP) is 6.92. The number of fused-ring (bicyclic) bond motifs is 1. The van der Waals surface area contributed by atoms with E-state index in [2.05, 4.69) is 90.1 Å². The Balaban J connectivity index is 1.15. The molecule has 3 fully saturated rings. The molecule has 0 saturated carbocycles. The van der Waals surface area contributed by atoms with E-state index in [1.165, 1.54) is 0 Å². The summed E-state index contributed by atoms with van der Waals surface area (Å²) in [5, 5.41) is 39.8. The Morgan fingerprint density at radius 1 is 0.589 bits per heavy atom. The lowest BCUT2D eigenvalue weighted by atomic mass is 9.97. The summed E-state index contributed by atoms with van der Waals surface area (Å²) >= 11 is 5.83. The van der Waals surface area contributed by atoms with Gasteiger partial charge in [0.1, 0.15) is 42.4 Å². The Kier molecular flexibility index (Phi) is 16.0. The van der Waals surface area contributed by atoms with Crippen LogP contribution in [0.4, 0.5) is 0 Å². The second-order valence-corrected chi connectivity index (χ2v) is 29.9. The largest absolute Gasteiger partial charge is 0.444 e. The van der Waals surface area contributed by atoms with Gasteiger partial charge in [-0.25, -0.2) is 0 Å². The SMILES string of the molecule is CC(C)(C)[Si](OC[C@H]1O[C@@](CO[Si](c2ccccc2)(c2ccccc2)C(C)(C)C)(O[C@H]2O[C@@H]3COC(c4ccccc4)O[C@H]3[C@H](O)[C@H]2O)[C@@H](OC(=S)Oc2ccccc2)[C@@H]1O)(c1ccccc1)c1ccccc1. The molecule has 0 bridgehead atoms. The first-order valence-corrected chi connectivity index (χ1v) is 29.1. The van der Waals surface area contributed by atoms with Gasteiger partial charge < -0.3 is 57.3 Å². The van der Waals surface area contributed by atoms with Crippen LogP contribution in [0.1, 0.15) is 53.4 Å². The van der Waals surface area contributed by atoms with Gasteiger partial charge in [-0.15, -0.1) is 0 Å². The Bertz CT molecular complexity index is 2620. The van der Waals surface area contributed by atoms with Crippen LogP contribution in [0.3, 0.4) is 0 Å². The van der Waals surface area contributed by atoms with Gasteiger partial charge in [0.25, 0.3) is 16.6 Å². The van der Waals surface area contributed by atoms with Crippen molar-refractivity contribution in [2.75, 3.05) is 19.8 Å². The Morgan fingerprint density at radius 2 is 1.04 bits per heavy atom. The highest BCUT2D eigenvalue weighted by Crippen LogP contribution is 2.45. The normalized spacial score (nSPS) is 26.7. The zero-order valence-electron chi connectivity index (χ0n) is 42.1. The fourth-order valence-electron chi connectivity index (χ4n) is 10.7. The quantitative estimate of drug-likeness (QED) is 0.0724. The molecule has 0 amide bonds. The molecule has 0 radical (unpaired) electrons. The van der Waals surface area contributed by atoms with Crippen molar-refractivity contribution in [1.29, 1.82) is 0 Å². The van der Waals surface area contributed by atoms with E-state index in [1.807, 2.05) is 109 Å². The summed E-state index contributed by atoms with van der Waals surface area (Å²) in [6.45, 7) is 12.4. The molecule has 73 heavy (non-hydrogen) atoms. The molecule has 1 unspecified atom stereocenters. The van der Waals surface area contributed by atoms with Gasteiger partial charge in [-0.05, 0) is 43.0 Å². The van der Waals surface area contributed by atoms with Gasteiger partial charge in [0.05, 0.1) is 19.8 Å². The van der Waals surface area contributed by atoms with Gasteiger partial charge >= 0.3 is 5.24 Å². The minimum atomic E-state index is -3.44. The minimum Gasteiger partial charge on any atom is -0.444 e. The molecule has 3 saturated heterocycles. The predicted molar refractivity (Wildman–Crippen MR) is 287 cm³/mol. The lowest BCUT2D eigenvalue weighted by Gasteiger charge is -2.49. The average molecular weight is 1040 g/mol. The standard InChI is InChI=1S/C58H66O12SSi2/c1-56(2,3)72(42-29-17-9-18-30-42,43-31-19-10-20-32-43)63-38-46-48(59)52(68-55(71)65-41-27-15-8-16-28-41)58(69-46,39-64-73(57(4,5)6,44-33-21-11-22-34-44)45-35-23-12-24-36-45)70-54-50(61)49(60)51-47(66-54)37-62-53(67-51)40-25-13-7-14-26-40/h7-36,46-54,59-61H,37-39H2,1-6H3/t46-,47-,48-,49-,50-,51-,52+,53?,54-,58+/m1/s1. The number of benzene rings is 6. The van der Waals surface area contributed by atoms with Crippen molar-refractivity contribution in [2.45, 2.75) is 113 Å². The third-order valence-corrected chi connectivity index (χ3v) is 24.3. The van der Waals surface area contributed by atoms with Crippen LogP contribution in [-0.4, -0.2) is 112 Å². The first-order chi connectivity index (χ1) is 35.1. The van der Waals surface area contributed by atoms with Crippen LogP contribution in [0, 0.1) is 0 Å². The number of rotatable bonds is 15. The number of thiocarbonyl (C=S) groups is 1. The Morgan fingerprint density at radius 3 is 1.52 bits per heavy atom. The third kappa shape index (κ3) is 10.7. The molecule has 0 spiro atoms. The number of ether oxygens (including phenoxy) is 7. The topological polar surface area (TPSA) is 144 Å². The summed E-state index contributed by atoms with van der Waals surface area (Å²) in [5.41, 5.74) is 0.744. The fourth-order valence-corrected chi connectivity index (χ4v) is 20.0. The second-order valence-electron chi connectivity index (χ2n) is 20.9. The molecule has 3 aliphatic heterocycles. The van der Waals surface area contributed by atoms with Crippen LogP contribution in [0.15, 0.2) is 182 Å². The molecule has 3 N–H and O–H groups in total. The summed E-state index contributed by atoms with van der Waals surface area (Å²) in [7, 11) is -6.69. The molecule has 10 atom stereocenters. The highest BCUT2D eigenvalue weighted by atomic mass is 32.1.